The van der Waals surface area contributed by atoms with Crippen LogP contribution in [0, 0.1) is 0 Å². The Morgan fingerprint density at radius 2 is 2.23 bits per heavy atom. The molecule has 0 radical (unpaired) electrons. The molecule has 0 atom stereocenters. The summed E-state index contributed by atoms with van der Waals surface area (Å²) in [6.07, 6.45) is 3.75. The third kappa shape index (κ3) is 1.83. The molecule has 3 N–H and O–H groups in total. The minimum atomic E-state index is 0.646. The lowest BCUT2D eigenvalue weighted by atomic mass is 10.0. The van der Waals surface area contributed by atoms with Gasteiger partial charge in [-0.2, -0.15) is 0 Å². The van der Waals surface area contributed by atoms with E-state index in [1.807, 2.05) is 0 Å². The maximum atomic E-state index is 5.60. The number of nitrogens with one attached hydrogen (secondary N) is 1. The number of rotatable bonds is 1. The zero-order chi connectivity index (χ0) is 9.10. The smallest absolute Gasteiger partial charge is 0.0372 e. The zero-order valence-electron chi connectivity index (χ0n) is 7.84. The fourth-order valence-corrected chi connectivity index (χ4v) is 1.82. The van der Waals surface area contributed by atoms with Crippen molar-refractivity contribution in [2.75, 3.05) is 11.9 Å². The van der Waals surface area contributed by atoms with Gasteiger partial charge in [0, 0.05) is 18.8 Å². The van der Waals surface area contributed by atoms with Gasteiger partial charge < -0.3 is 11.1 Å². The lowest BCUT2D eigenvalue weighted by Crippen LogP contribution is -2.01. The molecule has 13 heavy (non-hydrogen) atoms. The predicted molar refractivity (Wildman–Crippen MR) is 55.8 cm³/mol. The molecule has 2 nitrogen and oxygen atoms in total. The summed E-state index contributed by atoms with van der Waals surface area (Å²) in [5.74, 6) is 0. The Morgan fingerprint density at radius 3 is 3.08 bits per heavy atom. The molecule has 0 bridgehead atoms. The van der Waals surface area contributed by atoms with E-state index in [-0.39, 0.29) is 0 Å². The van der Waals surface area contributed by atoms with E-state index in [1.54, 1.807) is 0 Å². The third-order valence-corrected chi connectivity index (χ3v) is 2.59. The van der Waals surface area contributed by atoms with E-state index < -0.39 is 0 Å². The summed E-state index contributed by atoms with van der Waals surface area (Å²) in [6.45, 7) is 1.75. The first-order valence-corrected chi connectivity index (χ1v) is 4.96. The largest absolute Gasteiger partial charge is 0.385 e. The zero-order valence-corrected chi connectivity index (χ0v) is 7.84. The average Bonchev–Trinajstić information content (AvgIpc) is 2.41. The van der Waals surface area contributed by atoms with Crippen LogP contribution < -0.4 is 11.1 Å². The summed E-state index contributed by atoms with van der Waals surface area (Å²) in [4.78, 5) is 0. The molecule has 70 valence electrons. The molecule has 1 aromatic rings. The van der Waals surface area contributed by atoms with E-state index in [4.69, 9.17) is 5.73 Å². The second-order valence-corrected chi connectivity index (χ2v) is 3.58. The molecule has 0 aliphatic carbocycles. The molecule has 0 unspecified atom stereocenters. The molecule has 2 rings (SSSR count). The van der Waals surface area contributed by atoms with Gasteiger partial charge in [0.25, 0.3) is 0 Å². The average molecular weight is 176 g/mol. The Bertz CT molecular complexity index is 294. The van der Waals surface area contributed by atoms with Crippen molar-refractivity contribution in [3.8, 4) is 0 Å². The minimum Gasteiger partial charge on any atom is -0.385 e. The topological polar surface area (TPSA) is 38.0 Å². The number of anilines is 1. The van der Waals surface area contributed by atoms with Crippen LogP contribution in [0.2, 0.25) is 0 Å². The van der Waals surface area contributed by atoms with Crippen LogP contribution in [0.4, 0.5) is 5.69 Å². The molecule has 1 aromatic carbocycles. The van der Waals surface area contributed by atoms with E-state index in [9.17, 15) is 0 Å². The molecular formula is C11H16N2. The Labute approximate surface area is 79.1 Å². The van der Waals surface area contributed by atoms with Crippen LogP contribution in [-0.2, 0) is 13.0 Å². The van der Waals surface area contributed by atoms with E-state index in [0.29, 0.717) is 6.54 Å². The fourth-order valence-electron chi connectivity index (χ4n) is 1.82. The van der Waals surface area contributed by atoms with Crippen molar-refractivity contribution in [3.63, 3.8) is 0 Å². The van der Waals surface area contributed by atoms with Gasteiger partial charge in [0.2, 0.25) is 0 Å². The maximum absolute atomic E-state index is 5.60. The Kier molecular flexibility index (Phi) is 2.50. The summed E-state index contributed by atoms with van der Waals surface area (Å²) >= 11 is 0. The number of aryl methyl sites for hydroxylation is 1. The number of hydrogen-bond acceptors (Lipinski definition) is 2. The Hall–Kier alpha value is -1.02. The molecule has 1 heterocycles. The van der Waals surface area contributed by atoms with E-state index in [0.717, 1.165) is 6.54 Å². The summed E-state index contributed by atoms with van der Waals surface area (Å²) in [6, 6.07) is 6.49. The second-order valence-electron chi connectivity index (χ2n) is 3.58. The molecule has 1 aliphatic heterocycles. The van der Waals surface area contributed by atoms with Crippen molar-refractivity contribution in [1.29, 1.82) is 0 Å². The molecular weight excluding hydrogens is 160 g/mol. The van der Waals surface area contributed by atoms with Gasteiger partial charge in [-0.1, -0.05) is 12.1 Å². The van der Waals surface area contributed by atoms with E-state index >= 15 is 0 Å². The molecule has 0 amide bonds. The van der Waals surface area contributed by atoms with Gasteiger partial charge in [0.15, 0.2) is 0 Å². The first-order chi connectivity index (χ1) is 6.40. The van der Waals surface area contributed by atoms with Crippen LogP contribution in [0.1, 0.15) is 24.0 Å². The van der Waals surface area contributed by atoms with Crippen LogP contribution in [0.5, 0.6) is 0 Å². The van der Waals surface area contributed by atoms with Gasteiger partial charge in [0.05, 0.1) is 0 Å². The second kappa shape index (κ2) is 3.79. The molecule has 2 heteroatoms. The normalized spacial score (nSPS) is 15.8. The summed E-state index contributed by atoms with van der Waals surface area (Å²) < 4.78 is 0. The number of hydrogen-bond donors (Lipinski definition) is 2. The molecule has 0 aromatic heterocycles. The summed E-state index contributed by atoms with van der Waals surface area (Å²) in [5.41, 5.74) is 9.57. The van der Waals surface area contributed by atoms with Crippen molar-refractivity contribution in [2.45, 2.75) is 25.8 Å². The fraction of sp³-hybridized carbons (Fsp3) is 0.455. The highest BCUT2D eigenvalue weighted by molar-refractivity contribution is 5.53. The number of benzene rings is 1. The molecule has 0 spiro atoms. The van der Waals surface area contributed by atoms with Crippen LogP contribution in [0.3, 0.4) is 0 Å². The number of nitrogens with two attached hydrogens (primary N) is 1. The SMILES string of the molecule is NCc1ccc2c(c1)CCCCN2. The molecule has 1 aliphatic rings. The molecule has 0 fully saturated rings. The Balaban J connectivity index is 2.32. The number of fused-ring (bicyclic) bond motifs is 1. The highest BCUT2D eigenvalue weighted by Gasteiger charge is 2.06. The van der Waals surface area contributed by atoms with Crippen LogP contribution in [0.15, 0.2) is 18.2 Å². The van der Waals surface area contributed by atoms with Crippen molar-refractivity contribution in [3.05, 3.63) is 29.3 Å². The van der Waals surface area contributed by atoms with Gasteiger partial charge in [-0.25, -0.2) is 0 Å². The van der Waals surface area contributed by atoms with Crippen LogP contribution >= 0.6 is 0 Å². The van der Waals surface area contributed by atoms with Crippen LogP contribution in [-0.4, -0.2) is 6.54 Å². The highest BCUT2D eigenvalue weighted by atomic mass is 14.9. The molecule has 0 saturated heterocycles. The Morgan fingerprint density at radius 1 is 1.31 bits per heavy atom. The standard InChI is InChI=1S/C11H16N2/c12-8-9-4-5-11-10(7-9)3-1-2-6-13-11/h4-5,7,13H,1-3,6,8,12H2. The van der Waals surface area contributed by atoms with Crippen molar-refractivity contribution in [2.24, 2.45) is 5.73 Å². The molecule has 0 saturated carbocycles. The van der Waals surface area contributed by atoms with Gasteiger partial charge in [-0.15, -0.1) is 0 Å². The van der Waals surface area contributed by atoms with Gasteiger partial charge in [-0.05, 0) is 36.5 Å². The monoisotopic (exact) mass is 176 g/mol. The minimum absolute atomic E-state index is 0.646. The van der Waals surface area contributed by atoms with Crippen molar-refractivity contribution in [1.82, 2.24) is 0 Å². The predicted octanol–water partition coefficient (Wildman–Crippen LogP) is 1.89. The van der Waals surface area contributed by atoms with E-state index in [1.165, 1.54) is 36.1 Å². The van der Waals surface area contributed by atoms with Gasteiger partial charge in [0.1, 0.15) is 0 Å². The first kappa shape index (κ1) is 8.57. The van der Waals surface area contributed by atoms with Gasteiger partial charge in [-0.3, -0.25) is 0 Å². The summed E-state index contributed by atoms with van der Waals surface area (Å²) in [5, 5.41) is 3.44. The maximum Gasteiger partial charge on any atom is 0.0372 e. The lowest BCUT2D eigenvalue weighted by molar-refractivity contribution is 0.785. The highest BCUT2D eigenvalue weighted by Crippen LogP contribution is 2.22. The third-order valence-electron chi connectivity index (χ3n) is 2.59. The quantitative estimate of drug-likeness (QED) is 0.685. The van der Waals surface area contributed by atoms with Crippen molar-refractivity contribution >= 4 is 5.69 Å². The van der Waals surface area contributed by atoms with Gasteiger partial charge >= 0.3 is 0 Å². The summed E-state index contributed by atoms with van der Waals surface area (Å²) in [7, 11) is 0. The van der Waals surface area contributed by atoms with Crippen molar-refractivity contribution < 1.29 is 0 Å². The van der Waals surface area contributed by atoms with E-state index in [2.05, 4.69) is 23.5 Å². The first-order valence-electron chi connectivity index (χ1n) is 4.96. The van der Waals surface area contributed by atoms with Crippen LogP contribution in [0.25, 0.3) is 0 Å². The lowest BCUT2D eigenvalue weighted by Gasteiger charge is -2.08.